The summed E-state index contributed by atoms with van der Waals surface area (Å²) < 4.78 is 0. The van der Waals surface area contributed by atoms with Crippen molar-refractivity contribution in [2.45, 2.75) is 19.0 Å². The number of hydrogen-bond acceptors (Lipinski definition) is 4. The van der Waals surface area contributed by atoms with E-state index in [1.807, 2.05) is 12.3 Å². The zero-order valence-electron chi connectivity index (χ0n) is 10.8. The maximum absolute atomic E-state index is 12.0. The molecule has 1 aromatic rings. The van der Waals surface area contributed by atoms with Gasteiger partial charge in [0.15, 0.2) is 0 Å². The first kappa shape index (κ1) is 15.5. The third-order valence-electron chi connectivity index (χ3n) is 2.64. The molecule has 0 saturated carbocycles. The SMILES string of the molecule is CSCC[C@H](NC(=O)c1cccc(CN)c1)C(=O)O. The molecule has 6 heteroatoms. The van der Waals surface area contributed by atoms with Gasteiger partial charge in [0.2, 0.25) is 0 Å². The second kappa shape index (κ2) is 7.81. The van der Waals surface area contributed by atoms with E-state index in [2.05, 4.69) is 5.32 Å². The molecule has 0 unspecified atom stereocenters. The summed E-state index contributed by atoms with van der Waals surface area (Å²) in [6, 6.07) is 6.00. The van der Waals surface area contributed by atoms with Crippen molar-refractivity contribution in [1.82, 2.24) is 5.32 Å². The quantitative estimate of drug-likeness (QED) is 0.696. The van der Waals surface area contributed by atoms with Gasteiger partial charge in [0, 0.05) is 12.1 Å². The smallest absolute Gasteiger partial charge is 0.326 e. The molecule has 1 aromatic carbocycles. The Balaban J connectivity index is 2.72. The molecular formula is C13H18N2O3S. The topological polar surface area (TPSA) is 92.4 Å². The number of carbonyl (C=O) groups excluding carboxylic acids is 1. The Morgan fingerprint density at radius 3 is 2.79 bits per heavy atom. The number of amides is 1. The third kappa shape index (κ3) is 4.92. The maximum Gasteiger partial charge on any atom is 0.326 e. The fourth-order valence-electron chi connectivity index (χ4n) is 1.57. The first-order valence-corrected chi connectivity index (χ1v) is 7.29. The Morgan fingerprint density at radius 1 is 1.47 bits per heavy atom. The lowest BCUT2D eigenvalue weighted by Crippen LogP contribution is -2.41. The lowest BCUT2D eigenvalue weighted by atomic mass is 10.1. The minimum absolute atomic E-state index is 0.343. The number of nitrogens with two attached hydrogens (primary N) is 1. The molecule has 0 saturated heterocycles. The van der Waals surface area contributed by atoms with Gasteiger partial charge in [-0.15, -0.1) is 0 Å². The first-order chi connectivity index (χ1) is 9.08. The van der Waals surface area contributed by atoms with Crippen LogP contribution in [0.25, 0.3) is 0 Å². The highest BCUT2D eigenvalue weighted by Gasteiger charge is 2.20. The molecule has 0 fully saturated rings. The van der Waals surface area contributed by atoms with E-state index in [0.717, 1.165) is 5.56 Å². The predicted molar refractivity (Wildman–Crippen MR) is 76.2 cm³/mol. The molecule has 1 rings (SSSR count). The Morgan fingerprint density at radius 2 is 2.21 bits per heavy atom. The van der Waals surface area contributed by atoms with E-state index in [9.17, 15) is 9.59 Å². The second-order valence-electron chi connectivity index (χ2n) is 4.05. The van der Waals surface area contributed by atoms with Gasteiger partial charge in [0.1, 0.15) is 6.04 Å². The van der Waals surface area contributed by atoms with Crippen LogP contribution in [0.3, 0.4) is 0 Å². The summed E-state index contributed by atoms with van der Waals surface area (Å²) in [5.41, 5.74) is 6.77. The molecule has 0 aromatic heterocycles. The summed E-state index contributed by atoms with van der Waals surface area (Å²) in [6.07, 6.45) is 2.30. The van der Waals surface area contributed by atoms with E-state index < -0.39 is 12.0 Å². The summed E-state index contributed by atoms with van der Waals surface area (Å²) in [5.74, 6) is -0.721. The van der Waals surface area contributed by atoms with Crippen LogP contribution in [0.2, 0.25) is 0 Å². The van der Waals surface area contributed by atoms with E-state index in [0.29, 0.717) is 24.3 Å². The van der Waals surface area contributed by atoms with Crippen molar-refractivity contribution in [2.24, 2.45) is 5.73 Å². The number of hydrogen-bond donors (Lipinski definition) is 3. The lowest BCUT2D eigenvalue weighted by molar-refractivity contribution is -0.139. The monoisotopic (exact) mass is 282 g/mol. The van der Waals surface area contributed by atoms with Crippen LogP contribution in [0.1, 0.15) is 22.3 Å². The van der Waals surface area contributed by atoms with Gasteiger partial charge in [-0.3, -0.25) is 4.79 Å². The van der Waals surface area contributed by atoms with Gasteiger partial charge in [-0.1, -0.05) is 12.1 Å². The number of carboxylic acids is 1. The molecule has 19 heavy (non-hydrogen) atoms. The zero-order chi connectivity index (χ0) is 14.3. The first-order valence-electron chi connectivity index (χ1n) is 5.90. The van der Waals surface area contributed by atoms with Crippen LogP contribution >= 0.6 is 11.8 Å². The maximum atomic E-state index is 12.0. The highest BCUT2D eigenvalue weighted by molar-refractivity contribution is 7.98. The molecule has 0 spiro atoms. The molecule has 5 nitrogen and oxygen atoms in total. The highest BCUT2D eigenvalue weighted by atomic mass is 32.2. The summed E-state index contributed by atoms with van der Waals surface area (Å²) >= 11 is 1.55. The molecule has 0 bridgehead atoms. The molecule has 0 aliphatic heterocycles. The summed E-state index contributed by atoms with van der Waals surface area (Å²) in [6.45, 7) is 0.343. The van der Waals surface area contributed by atoms with Crippen LogP contribution in [-0.2, 0) is 11.3 Å². The Labute approximate surface area is 116 Å². The van der Waals surface area contributed by atoms with Crippen molar-refractivity contribution in [1.29, 1.82) is 0 Å². The van der Waals surface area contributed by atoms with Crippen molar-refractivity contribution in [2.75, 3.05) is 12.0 Å². The number of benzene rings is 1. The minimum atomic E-state index is -1.02. The van der Waals surface area contributed by atoms with E-state index in [1.54, 1.807) is 30.0 Å². The number of nitrogens with one attached hydrogen (secondary N) is 1. The van der Waals surface area contributed by atoms with Crippen LogP contribution in [0, 0.1) is 0 Å². The normalized spacial score (nSPS) is 11.9. The van der Waals surface area contributed by atoms with Gasteiger partial charge in [-0.2, -0.15) is 11.8 Å². The Kier molecular flexibility index (Phi) is 6.38. The highest BCUT2D eigenvalue weighted by Crippen LogP contribution is 2.07. The Hall–Kier alpha value is -1.53. The summed E-state index contributed by atoms with van der Waals surface area (Å²) in [4.78, 5) is 23.0. The van der Waals surface area contributed by atoms with Gasteiger partial charge >= 0.3 is 5.97 Å². The molecule has 4 N–H and O–H groups in total. The zero-order valence-corrected chi connectivity index (χ0v) is 11.6. The van der Waals surface area contributed by atoms with Crippen LogP contribution in [0.5, 0.6) is 0 Å². The number of carbonyl (C=O) groups is 2. The summed E-state index contributed by atoms with van der Waals surface area (Å²) in [7, 11) is 0. The third-order valence-corrected chi connectivity index (χ3v) is 3.28. The fraction of sp³-hybridized carbons (Fsp3) is 0.385. The van der Waals surface area contributed by atoms with Gasteiger partial charge in [-0.05, 0) is 36.1 Å². The van der Waals surface area contributed by atoms with E-state index in [-0.39, 0.29) is 5.91 Å². The average Bonchev–Trinajstić information content (AvgIpc) is 2.42. The van der Waals surface area contributed by atoms with Crippen molar-refractivity contribution in [3.05, 3.63) is 35.4 Å². The summed E-state index contributed by atoms with van der Waals surface area (Å²) in [5, 5.41) is 11.6. The lowest BCUT2D eigenvalue weighted by Gasteiger charge is -2.14. The van der Waals surface area contributed by atoms with Gasteiger partial charge in [0.25, 0.3) is 5.91 Å². The number of rotatable bonds is 7. The van der Waals surface area contributed by atoms with E-state index in [1.165, 1.54) is 0 Å². The molecule has 104 valence electrons. The molecule has 0 aliphatic rings. The molecule has 0 radical (unpaired) electrons. The van der Waals surface area contributed by atoms with E-state index >= 15 is 0 Å². The second-order valence-corrected chi connectivity index (χ2v) is 5.04. The number of thioether (sulfide) groups is 1. The number of carboxylic acid groups (broad SMARTS) is 1. The van der Waals surface area contributed by atoms with Gasteiger partial charge in [0.05, 0.1) is 0 Å². The van der Waals surface area contributed by atoms with Crippen molar-refractivity contribution >= 4 is 23.6 Å². The number of aliphatic carboxylic acids is 1. The van der Waals surface area contributed by atoms with Crippen LogP contribution in [0.4, 0.5) is 0 Å². The largest absolute Gasteiger partial charge is 0.480 e. The predicted octanol–water partition coefficient (Wildman–Crippen LogP) is 1.08. The van der Waals surface area contributed by atoms with E-state index in [4.69, 9.17) is 10.8 Å². The molecular weight excluding hydrogens is 264 g/mol. The Bertz CT molecular complexity index is 451. The molecule has 1 amide bonds. The van der Waals surface area contributed by atoms with Gasteiger partial charge < -0.3 is 16.2 Å². The van der Waals surface area contributed by atoms with Gasteiger partial charge in [-0.25, -0.2) is 4.79 Å². The van der Waals surface area contributed by atoms with Crippen LogP contribution in [-0.4, -0.2) is 35.0 Å². The standard InChI is InChI=1S/C13H18N2O3S/c1-19-6-5-11(13(17)18)15-12(16)10-4-2-3-9(7-10)8-14/h2-4,7,11H,5-6,8,14H2,1H3,(H,15,16)(H,17,18)/t11-/m0/s1. The fourth-order valence-corrected chi connectivity index (χ4v) is 2.05. The van der Waals surface area contributed by atoms with Crippen molar-refractivity contribution in [3.8, 4) is 0 Å². The van der Waals surface area contributed by atoms with Crippen molar-refractivity contribution in [3.63, 3.8) is 0 Å². The van der Waals surface area contributed by atoms with Crippen LogP contribution in [0.15, 0.2) is 24.3 Å². The van der Waals surface area contributed by atoms with Crippen molar-refractivity contribution < 1.29 is 14.7 Å². The average molecular weight is 282 g/mol. The molecule has 1 atom stereocenters. The molecule has 0 aliphatic carbocycles. The molecule has 0 heterocycles. The minimum Gasteiger partial charge on any atom is -0.480 e. The van der Waals surface area contributed by atoms with Crippen LogP contribution < -0.4 is 11.1 Å².